The SMILES string of the molecule is CN(C)c1cc[n+](CCCOc2cccc(C(F)(F)F)c2)cc1. The number of hydrogen-bond donors (Lipinski definition) is 0. The summed E-state index contributed by atoms with van der Waals surface area (Å²) in [6.45, 7) is 1.11. The molecule has 1 heterocycles. The number of benzene rings is 1. The first-order chi connectivity index (χ1) is 10.9. The fourth-order valence-electron chi connectivity index (χ4n) is 2.10. The first-order valence-corrected chi connectivity index (χ1v) is 7.33. The summed E-state index contributed by atoms with van der Waals surface area (Å²) in [6, 6.07) is 8.97. The van der Waals surface area contributed by atoms with Gasteiger partial charge in [-0.25, -0.2) is 4.57 Å². The quantitative estimate of drug-likeness (QED) is 0.597. The van der Waals surface area contributed by atoms with E-state index >= 15 is 0 Å². The van der Waals surface area contributed by atoms with Gasteiger partial charge in [0.1, 0.15) is 5.75 Å². The van der Waals surface area contributed by atoms with E-state index in [1.807, 2.05) is 48.1 Å². The maximum Gasteiger partial charge on any atom is 0.416 e. The molecule has 2 aromatic rings. The van der Waals surface area contributed by atoms with E-state index < -0.39 is 11.7 Å². The Hall–Kier alpha value is -2.24. The Bertz CT molecular complexity index is 624. The fraction of sp³-hybridized carbons (Fsp3) is 0.353. The zero-order valence-corrected chi connectivity index (χ0v) is 13.2. The van der Waals surface area contributed by atoms with Gasteiger partial charge in [0.05, 0.1) is 12.2 Å². The molecule has 0 spiro atoms. The number of ether oxygens (including phenoxy) is 1. The van der Waals surface area contributed by atoms with Crippen molar-refractivity contribution in [2.45, 2.75) is 19.1 Å². The van der Waals surface area contributed by atoms with Crippen molar-refractivity contribution in [2.75, 3.05) is 25.6 Å². The largest absolute Gasteiger partial charge is 0.493 e. The van der Waals surface area contributed by atoms with Gasteiger partial charge in [0.25, 0.3) is 0 Å². The van der Waals surface area contributed by atoms with Crippen molar-refractivity contribution in [2.24, 2.45) is 0 Å². The van der Waals surface area contributed by atoms with Crippen LogP contribution in [0.25, 0.3) is 0 Å². The molecule has 0 radical (unpaired) electrons. The van der Waals surface area contributed by atoms with Crippen molar-refractivity contribution in [3.05, 3.63) is 54.4 Å². The molecule has 0 atom stereocenters. The fourth-order valence-corrected chi connectivity index (χ4v) is 2.10. The average molecular weight is 325 g/mol. The van der Waals surface area contributed by atoms with Crippen LogP contribution in [0.2, 0.25) is 0 Å². The number of pyridine rings is 1. The third-order valence-corrected chi connectivity index (χ3v) is 3.38. The molecule has 1 aromatic carbocycles. The number of anilines is 1. The zero-order chi connectivity index (χ0) is 16.9. The summed E-state index contributed by atoms with van der Waals surface area (Å²) in [5.74, 6) is 0.243. The second kappa shape index (κ2) is 7.35. The number of nitrogens with zero attached hydrogens (tertiary/aromatic N) is 2. The van der Waals surface area contributed by atoms with Gasteiger partial charge >= 0.3 is 6.18 Å². The molecule has 0 unspecified atom stereocenters. The lowest BCUT2D eigenvalue weighted by Gasteiger charge is -2.11. The summed E-state index contributed by atoms with van der Waals surface area (Å²) in [5.41, 5.74) is 0.421. The summed E-state index contributed by atoms with van der Waals surface area (Å²) in [7, 11) is 3.95. The maximum atomic E-state index is 12.6. The highest BCUT2D eigenvalue weighted by molar-refractivity contribution is 5.41. The smallest absolute Gasteiger partial charge is 0.416 e. The van der Waals surface area contributed by atoms with Crippen molar-refractivity contribution < 1.29 is 22.5 Å². The molecule has 0 saturated carbocycles. The third-order valence-electron chi connectivity index (χ3n) is 3.38. The molecule has 1 aromatic heterocycles. The predicted molar refractivity (Wildman–Crippen MR) is 82.5 cm³/mol. The van der Waals surface area contributed by atoms with E-state index in [1.54, 1.807) is 0 Å². The molecule has 23 heavy (non-hydrogen) atoms. The van der Waals surface area contributed by atoms with Crippen LogP contribution in [-0.2, 0) is 12.7 Å². The molecule has 0 aliphatic rings. The monoisotopic (exact) mass is 325 g/mol. The van der Waals surface area contributed by atoms with E-state index in [0.29, 0.717) is 13.0 Å². The Morgan fingerprint density at radius 1 is 1.09 bits per heavy atom. The summed E-state index contributed by atoms with van der Waals surface area (Å²) in [6.07, 6.45) is 0.310. The van der Waals surface area contributed by atoms with E-state index in [-0.39, 0.29) is 5.75 Å². The molecular weight excluding hydrogens is 305 g/mol. The lowest BCUT2D eigenvalue weighted by molar-refractivity contribution is -0.697. The van der Waals surface area contributed by atoms with E-state index in [2.05, 4.69) is 0 Å². The first kappa shape index (κ1) is 17.1. The van der Waals surface area contributed by atoms with E-state index in [9.17, 15) is 13.2 Å². The van der Waals surface area contributed by atoms with Crippen LogP contribution < -0.4 is 14.2 Å². The molecule has 0 amide bonds. The molecule has 2 rings (SSSR count). The second-order valence-electron chi connectivity index (χ2n) is 5.42. The third kappa shape index (κ3) is 5.16. The zero-order valence-electron chi connectivity index (χ0n) is 13.2. The normalized spacial score (nSPS) is 11.3. The molecule has 0 aliphatic heterocycles. The molecule has 124 valence electrons. The van der Waals surface area contributed by atoms with Gasteiger partial charge in [-0.3, -0.25) is 0 Å². The van der Waals surface area contributed by atoms with Crippen LogP contribution in [0, 0.1) is 0 Å². The van der Waals surface area contributed by atoms with Crippen molar-refractivity contribution in [3.8, 4) is 5.75 Å². The van der Waals surface area contributed by atoms with Crippen LogP contribution in [0.4, 0.5) is 18.9 Å². The topological polar surface area (TPSA) is 16.4 Å². The molecule has 0 fully saturated rings. The highest BCUT2D eigenvalue weighted by atomic mass is 19.4. The number of hydrogen-bond acceptors (Lipinski definition) is 2. The van der Waals surface area contributed by atoms with Gasteiger partial charge in [0.2, 0.25) is 0 Å². The van der Waals surface area contributed by atoms with Gasteiger partial charge in [-0.1, -0.05) is 6.07 Å². The van der Waals surface area contributed by atoms with Gasteiger partial charge in [-0.15, -0.1) is 0 Å². The van der Waals surface area contributed by atoms with Gasteiger partial charge in [-0.05, 0) is 18.2 Å². The number of aromatic nitrogens is 1. The van der Waals surface area contributed by atoms with Crippen LogP contribution in [0.1, 0.15) is 12.0 Å². The molecular formula is C17H20F3N2O+. The standard InChI is InChI=1S/C17H20F3N2O/c1-21(2)15-7-10-22(11-8-15)9-4-12-23-16-6-3-5-14(13-16)17(18,19)20/h3,5-8,10-11,13H,4,9,12H2,1-2H3/q+1. The van der Waals surface area contributed by atoms with Crippen LogP contribution >= 0.6 is 0 Å². The Morgan fingerprint density at radius 3 is 2.39 bits per heavy atom. The summed E-state index contributed by atoms with van der Waals surface area (Å²) in [5, 5.41) is 0. The Balaban J connectivity index is 1.81. The van der Waals surface area contributed by atoms with Crippen LogP contribution in [0.3, 0.4) is 0 Å². The number of alkyl halides is 3. The van der Waals surface area contributed by atoms with E-state index in [4.69, 9.17) is 4.74 Å². The minimum Gasteiger partial charge on any atom is -0.493 e. The molecule has 3 nitrogen and oxygen atoms in total. The molecule has 6 heteroatoms. The average Bonchev–Trinajstić information content (AvgIpc) is 2.51. The van der Waals surface area contributed by atoms with E-state index in [0.717, 1.165) is 24.4 Å². The van der Waals surface area contributed by atoms with Crippen LogP contribution in [0.15, 0.2) is 48.8 Å². The maximum absolute atomic E-state index is 12.6. The Labute approximate surface area is 133 Å². The number of rotatable bonds is 6. The van der Waals surface area contributed by atoms with Crippen molar-refractivity contribution in [3.63, 3.8) is 0 Å². The summed E-state index contributed by atoms with van der Waals surface area (Å²) < 4.78 is 45.2. The molecule has 0 N–H and O–H groups in total. The second-order valence-corrected chi connectivity index (χ2v) is 5.42. The summed E-state index contributed by atoms with van der Waals surface area (Å²) in [4.78, 5) is 2.01. The lowest BCUT2D eigenvalue weighted by atomic mass is 10.2. The van der Waals surface area contributed by atoms with Crippen molar-refractivity contribution in [1.82, 2.24) is 0 Å². The van der Waals surface area contributed by atoms with Crippen LogP contribution in [-0.4, -0.2) is 20.7 Å². The van der Waals surface area contributed by atoms with Gasteiger partial charge in [0, 0.05) is 38.3 Å². The lowest BCUT2D eigenvalue weighted by Crippen LogP contribution is -2.33. The molecule has 0 bridgehead atoms. The molecule has 0 aliphatic carbocycles. The van der Waals surface area contributed by atoms with Crippen molar-refractivity contribution in [1.29, 1.82) is 0 Å². The number of halogens is 3. The van der Waals surface area contributed by atoms with Gasteiger partial charge < -0.3 is 9.64 Å². The van der Waals surface area contributed by atoms with Gasteiger partial charge in [0.15, 0.2) is 18.9 Å². The Kier molecular flexibility index (Phi) is 5.47. The minimum absolute atomic E-state index is 0.243. The Morgan fingerprint density at radius 2 is 1.78 bits per heavy atom. The van der Waals surface area contributed by atoms with Gasteiger partial charge in [-0.2, -0.15) is 13.2 Å². The highest BCUT2D eigenvalue weighted by Gasteiger charge is 2.30. The predicted octanol–water partition coefficient (Wildman–Crippen LogP) is 3.53. The van der Waals surface area contributed by atoms with Crippen LogP contribution in [0.5, 0.6) is 5.75 Å². The van der Waals surface area contributed by atoms with Crippen molar-refractivity contribution >= 4 is 5.69 Å². The minimum atomic E-state index is -4.34. The number of aryl methyl sites for hydroxylation is 1. The highest BCUT2D eigenvalue weighted by Crippen LogP contribution is 2.31. The summed E-state index contributed by atoms with van der Waals surface area (Å²) >= 11 is 0. The first-order valence-electron chi connectivity index (χ1n) is 7.33. The molecule has 0 saturated heterocycles. The van der Waals surface area contributed by atoms with E-state index in [1.165, 1.54) is 12.1 Å².